The maximum Gasteiger partial charge on any atom is 0.434 e. The van der Waals surface area contributed by atoms with E-state index in [1.165, 1.54) is 31.2 Å². The number of esters is 1. The first-order valence-electron chi connectivity index (χ1n) is 15.6. The molecule has 0 N–H and O–H groups in total. The third-order valence-corrected chi connectivity index (χ3v) is 9.46. The molecule has 0 saturated heterocycles. The number of allylic oxidation sites excluding steroid dienone is 1. The summed E-state index contributed by atoms with van der Waals surface area (Å²) in [5.74, 6) is -1.21. The average Bonchev–Trinajstić information content (AvgIpc) is 3.66. The second-order valence-electron chi connectivity index (χ2n) is 11.4. The molecule has 1 aliphatic heterocycles. The molecule has 0 fully saturated rings. The van der Waals surface area contributed by atoms with Crippen molar-refractivity contribution in [2.75, 3.05) is 6.61 Å². The Labute approximate surface area is 293 Å². The molecular weight excluding hydrogens is 683 g/mol. The van der Waals surface area contributed by atoms with Gasteiger partial charge in [0.2, 0.25) is 0 Å². The highest BCUT2D eigenvalue weighted by Gasteiger charge is 2.45. The Morgan fingerprint density at radius 3 is 2.10 bits per heavy atom. The monoisotopic (exact) mass is 709 g/mol. The zero-order valence-corrected chi connectivity index (χ0v) is 28.0. The molecule has 0 unspecified atom stereocenters. The fourth-order valence-corrected chi connectivity index (χ4v) is 7.26. The molecule has 1 atom stereocenters. The zero-order chi connectivity index (χ0) is 35.0. The number of rotatable bonds is 7. The van der Waals surface area contributed by atoms with Gasteiger partial charge in [-0.05, 0) is 60.0 Å². The summed E-state index contributed by atoms with van der Waals surface area (Å²) in [7, 11) is 0. The number of alkyl halides is 3. The van der Waals surface area contributed by atoms with E-state index in [0.29, 0.717) is 10.6 Å². The van der Waals surface area contributed by atoms with Gasteiger partial charge in [0.05, 0.1) is 34.1 Å². The average molecular weight is 710 g/mol. The quantitative estimate of drug-likeness (QED) is 0.157. The van der Waals surface area contributed by atoms with E-state index in [9.17, 15) is 22.8 Å². The molecule has 6 nitrogen and oxygen atoms in total. The molecule has 7 rings (SSSR count). The van der Waals surface area contributed by atoms with Crippen molar-refractivity contribution in [2.45, 2.75) is 19.1 Å². The van der Waals surface area contributed by atoms with Crippen molar-refractivity contribution in [3.8, 4) is 28.2 Å². The molecule has 0 bridgehead atoms. The van der Waals surface area contributed by atoms with Gasteiger partial charge in [0.15, 0.2) is 10.5 Å². The maximum atomic E-state index is 14.6. The van der Waals surface area contributed by atoms with Crippen LogP contribution in [0.5, 0.6) is 0 Å². The van der Waals surface area contributed by atoms with Crippen molar-refractivity contribution in [1.29, 1.82) is 0 Å². The lowest BCUT2D eigenvalue weighted by Gasteiger charge is -2.26. The summed E-state index contributed by atoms with van der Waals surface area (Å²) in [4.78, 5) is 31.4. The van der Waals surface area contributed by atoms with Crippen LogP contribution in [0.4, 0.5) is 13.2 Å². The molecule has 0 radical (unpaired) electrons. The van der Waals surface area contributed by atoms with Crippen molar-refractivity contribution in [1.82, 2.24) is 9.13 Å². The fraction of sp³-hybridized carbons (Fsp3) is 0.103. The number of carbonyl (C=O) groups excluding carboxylic acids is 1. The van der Waals surface area contributed by atoms with E-state index in [2.05, 4.69) is 9.56 Å². The van der Waals surface area contributed by atoms with Gasteiger partial charge in [-0.2, -0.15) is 13.2 Å². The summed E-state index contributed by atoms with van der Waals surface area (Å²) >= 11 is 6.94. The van der Waals surface area contributed by atoms with Crippen molar-refractivity contribution in [3.63, 3.8) is 0 Å². The van der Waals surface area contributed by atoms with E-state index in [1.54, 1.807) is 6.08 Å². The van der Waals surface area contributed by atoms with Gasteiger partial charge in [-0.3, -0.25) is 9.36 Å². The zero-order valence-electron chi connectivity index (χ0n) is 26.4. The Morgan fingerprint density at radius 1 is 0.900 bits per heavy atom. The standard InChI is InChI=1S/C39H27ClF3N3O3S/c1-2-49-37(48)32-34(26-18-20-28(40)21-19-26)46-36(47)31(50-38(46)44-35(32)39(41,42)43)23-27-22-30(24-12-6-3-7-13-24)45(29-16-10-5-11-17-29)33(27)25-14-8-4-9-15-25/h3-23,34H,2H2,1H3/b31-23-/t34-/m1/s1. The molecule has 50 heavy (non-hydrogen) atoms. The van der Waals surface area contributed by atoms with Crippen LogP contribution in [-0.4, -0.2) is 27.9 Å². The summed E-state index contributed by atoms with van der Waals surface area (Å²) in [5, 5.41) is 0.337. The van der Waals surface area contributed by atoms with Gasteiger partial charge in [-0.1, -0.05) is 114 Å². The number of nitrogens with zero attached hydrogens (tertiary/aromatic N) is 3. The lowest BCUT2D eigenvalue weighted by molar-refractivity contribution is -0.140. The smallest absolute Gasteiger partial charge is 0.434 e. The summed E-state index contributed by atoms with van der Waals surface area (Å²) in [5.41, 5.74) is 2.40. The number of ether oxygens (including phenoxy) is 1. The van der Waals surface area contributed by atoms with Gasteiger partial charge in [-0.25, -0.2) is 9.79 Å². The van der Waals surface area contributed by atoms with E-state index in [4.69, 9.17) is 16.3 Å². The number of hydrogen-bond donors (Lipinski definition) is 0. The van der Waals surface area contributed by atoms with Gasteiger partial charge >= 0.3 is 12.1 Å². The summed E-state index contributed by atoms with van der Waals surface area (Å²) in [6.45, 7) is 1.32. The van der Waals surface area contributed by atoms with Crippen molar-refractivity contribution < 1.29 is 22.7 Å². The van der Waals surface area contributed by atoms with Crippen molar-refractivity contribution in [2.24, 2.45) is 4.99 Å². The largest absolute Gasteiger partial charge is 0.463 e. The molecular formula is C39H27ClF3N3O3S. The molecule has 0 amide bonds. The van der Waals surface area contributed by atoms with Crippen LogP contribution in [0.15, 0.2) is 142 Å². The van der Waals surface area contributed by atoms with E-state index in [-0.39, 0.29) is 21.5 Å². The molecule has 3 heterocycles. The molecule has 250 valence electrons. The Morgan fingerprint density at radius 2 is 1.50 bits per heavy atom. The van der Waals surface area contributed by atoms with E-state index in [1.807, 2.05) is 97.1 Å². The molecule has 0 aliphatic carbocycles. The van der Waals surface area contributed by atoms with E-state index < -0.39 is 35.0 Å². The molecule has 1 aliphatic rings. The van der Waals surface area contributed by atoms with Gasteiger partial charge in [0.25, 0.3) is 5.56 Å². The Balaban J connectivity index is 1.54. The minimum atomic E-state index is -5.01. The summed E-state index contributed by atoms with van der Waals surface area (Å²) in [6, 6.07) is 35.7. The number of benzene rings is 4. The minimum Gasteiger partial charge on any atom is -0.463 e. The van der Waals surface area contributed by atoms with Crippen LogP contribution in [0.2, 0.25) is 5.02 Å². The molecule has 0 saturated carbocycles. The number of para-hydroxylation sites is 1. The normalized spacial score (nSPS) is 14.7. The molecule has 2 aromatic heterocycles. The topological polar surface area (TPSA) is 65.6 Å². The van der Waals surface area contributed by atoms with Crippen LogP contribution >= 0.6 is 22.9 Å². The summed E-state index contributed by atoms with van der Waals surface area (Å²) < 4.78 is 52.4. The number of halogens is 4. The molecule has 6 aromatic rings. The number of carbonyl (C=O) groups is 1. The van der Waals surface area contributed by atoms with E-state index >= 15 is 0 Å². The maximum absolute atomic E-state index is 14.6. The lowest BCUT2D eigenvalue weighted by Crippen LogP contribution is -2.41. The number of aromatic nitrogens is 2. The predicted molar refractivity (Wildman–Crippen MR) is 189 cm³/mol. The first-order chi connectivity index (χ1) is 24.2. The molecule has 4 aromatic carbocycles. The van der Waals surface area contributed by atoms with Crippen LogP contribution in [0.1, 0.15) is 24.1 Å². The van der Waals surface area contributed by atoms with Gasteiger partial charge in [-0.15, -0.1) is 0 Å². The predicted octanol–water partition coefficient (Wildman–Crippen LogP) is 8.12. The second kappa shape index (κ2) is 13.5. The minimum absolute atomic E-state index is 0.136. The van der Waals surface area contributed by atoms with Crippen LogP contribution in [0, 0.1) is 0 Å². The summed E-state index contributed by atoms with van der Waals surface area (Å²) in [6.07, 6.45) is -3.34. The van der Waals surface area contributed by atoms with Crippen LogP contribution in [0.25, 0.3) is 34.3 Å². The van der Waals surface area contributed by atoms with Gasteiger partial charge in [0.1, 0.15) is 0 Å². The molecule has 11 heteroatoms. The second-order valence-corrected chi connectivity index (χ2v) is 12.8. The number of fused-ring (bicyclic) bond motifs is 1. The lowest BCUT2D eigenvalue weighted by atomic mass is 9.95. The van der Waals surface area contributed by atoms with Crippen LogP contribution < -0.4 is 14.9 Å². The first kappa shape index (κ1) is 33.1. The number of hydrogen-bond acceptors (Lipinski definition) is 5. The molecule has 0 spiro atoms. The highest BCUT2D eigenvalue weighted by Crippen LogP contribution is 2.39. The third kappa shape index (κ3) is 6.12. The van der Waals surface area contributed by atoms with Gasteiger partial charge < -0.3 is 9.30 Å². The highest BCUT2D eigenvalue weighted by atomic mass is 35.5. The third-order valence-electron chi connectivity index (χ3n) is 8.23. The first-order valence-corrected chi connectivity index (χ1v) is 16.8. The Bertz CT molecular complexity index is 2420. The van der Waals surface area contributed by atoms with E-state index in [0.717, 1.165) is 44.1 Å². The van der Waals surface area contributed by atoms with Crippen LogP contribution in [0.3, 0.4) is 0 Å². The highest BCUT2D eigenvalue weighted by molar-refractivity contribution is 7.07. The number of thiazole rings is 1. The van der Waals surface area contributed by atoms with Gasteiger partial charge in [0, 0.05) is 16.3 Å². The van der Waals surface area contributed by atoms with Crippen LogP contribution in [-0.2, 0) is 9.53 Å². The Kier molecular flexibility index (Phi) is 8.90. The SMILES string of the molecule is CCOC(=O)C1=C(C(F)(F)F)N=c2s/c(=C\c3cc(-c4ccccc4)n(-c4ccccc4)c3-c3ccccc3)c(=O)n2[C@@H]1c1ccc(Cl)cc1. The van der Waals surface area contributed by atoms with Crippen molar-refractivity contribution >= 4 is 35.0 Å². The fourth-order valence-electron chi connectivity index (χ4n) is 6.14. The Hall–Kier alpha value is -5.45. The van der Waals surface area contributed by atoms with Crippen molar-refractivity contribution in [3.05, 3.63) is 168 Å².